The Hall–Kier alpha value is -2.38. The van der Waals surface area contributed by atoms with Crippen LogP contribution in [0.2, 0.25) is 5.02 Å². The molecule has 144 valence electrons. The zero-order valence-corrected chi connectivity index (χ0v) is 16.9. The topological polar surface area (TPSA) is 67.9 Å². The second-order valence-electron chi connectivity index (χ2n) is 5.61. The molecule has 6 nitrogen and oxygen atoms in total. The number of thioether (sulfide) groups is 1. The van der Waals surface area contributed by atoms with E-state index in [4.69, 9.17) is 21.1 Å². The number of carbonyl (C=O) groups excluding carboxylic acids is 2. The fraction of sp³-hybridized carbons (Fsp3) is 0.263. The molecule has 2 aromatic carbocycles. The molecule has 0 aliphatic rings. The minimum absolute atomic E-state index is 0.0718. The number of amides is 2. The molecule has 0 aliphatic carbocycles. The Morgan fingerprint density at radius 3 is 2.44 bits per heavy atom. The summed E-state index contributed by atoms with van der Waals surface area (Å²) in [6, 6.07) is 12.4. The van der Waals surface area contributed by atoms with Gasteiger partial charge in [0.2, 0.25) is 11.8 Å². The lowest BCUT2D eigenvalue weighted by molar-refractivity contribution is -0.131. The first-order chi connectivity index (χ1) is 12.9. The zero-order chi connectivity index (χ0) is 19.8. The molecule has 0 bridgehead atoms. The van der Waals surface area contributed by atoms with Crippen LogP contribution in [-0.4, -0.2) is 50.3 Å². The molecule has 0 unspecified atom stereocenters. The highest BCUT2D eigenvalue weighted by Gasteiger charge is 2.15. The number of hydrogen-bond acceptors (Lipinski definition) is 5. The molecule has 0 heterocycles. The van der Waals surface area contributed by atoms with E-state index in [1.165, 1.54) is 23.8 Å². The maximum absolute atomic E-state index is 12.3. The van der Waals surface area contributed by atoms with Crippen LogP contribution < -0.4 is 14.8 Å². The molecule has 0 saturated carbocycles. The van der Waals surface area contributed by atoms with Gasteiger partial charge >= 0.3 is 0 Å². The van der Waals surface area contributed by atoms with Gasteiger partial charge in [0.25, 0.3) is 0 Å². The van der Waals surface area contributed by atoms with Crippen molar-refractivity contribution in [2.75, 3.05) is 38.9 Å². The lowest BCUT2D eigenvalue weighted by Crippen LogP contribution is -2.36. The van der Waals surface area contributed by atoms with Gasteiger partial charge in [0.15, 0.2) is 0 Å². The van der Waals surface area contributed by atoms with Crippen LogP contribution in [-0.2, 0) is 9.59 Å². The van der Waals surface area contributed by atoms with Crippen molar-refractivity contribution >= 4 is 40.9 Å². The van der Waals surface area contributed by atoms with E-state index in [0.717, 1.165) is 10.6 Å². The summed E-state index contributed by atoms with van der Waals surface area (Å²) in [5.41, 5.74) is 0.462. The molecule has 0 aliphatic heterocycles. The summed E-state index contributed by atoms with van der Waals surface area (Å²) in [7, 11) is 4.70. The summed E-state index contributed by atoms with van der Waals surface area (Å²) in [6.07, 6.45) is 0. The first-order valence-electron chi connectivity index (χ1n) is 8.07. The van der Waals surface area contributed by atoms with Crippen LogP contribution in [0.5, 0.6) is 11.5 Å². The van der Waals surface area contributed by atoms with E-state index in [-0.39, 0.29) is 24.1 Å². The monoisotopic (exact) mass is 408 g/mol. The van der Waals surface area contributed by atoms with Crippen LogP contribution in [0, 0.1) is 0 Å². The van der Waals surface area contributed by atoms with Crippen LogP contribution >= 0.6 is 23.4 Å². The Morgan fingerprint density at radius 1 is 1.11 bits per heavy atom. The average molecular weight is 409 g/mol. The Morgan fingerprint density at radius 2 is 1.81 bits per heavy atom. The minimum atomic E-state index is -0.333. The van der Waals surface area contributed by atoms with Gasteiger partial charge < -0.3 is 19.7 Å². The van der Waals surface area contributed by atoms with Gasteiger partial charge in [-0.25, -0.2) is 0 Å². The third-order valence-corrected chi connectivity index (χ3v) is 4.90. The number of hydrogen-bond donors (Lipinski definition) is 1. The van der Waals surface area contributed by atoms with E-state index in [2.05, 4.69) is 5.32 Å². The maximum atomic E-state index is 12.3. The summed E-state index contributed by atoms with van der Waals surface area (Å²) in [5.74, 6) is 1.01. The molecule has 27 heavy (non-hydrogen) atoms. The van der Waals surface area contributed by atoms with Crippen LogP contribution in [0.4, 0.5) is 5.69 Å². The normalized spacial score (nSPS) is 10.2. The maximum Gasteiger partial charge on any atom is 0.244 e. The van der Waals surface area contributed by atoms with Crippen molar-refractivity contribution in [3.63, 3.8) is 0 Å². The number of methoxy groups -OCH3 is 2. The van der Waals surface area contributed by atoms with Crippen molar-refractivity contribution in [3.05, 3.63) is 47.5 Å². The van der Waals surface area contributed by atoms with Gasteiger partial charge in [-0.3, -0.25) is 9.59 Å². The van der Waals surface area contributed by atoms with Crippen LogP contribution in [0.1, 0.15) is 0 Å². The van der Waals surface area contributed by atoms with E-state index >= 15 is 0 Å². The molecule has 2 amide bonds. The number of rotatable bonds is 8. The highest BCUT2D eigenvalue weighted by Crippen LogP contribution is 2.27. The van der Waals surface area contributed by atoms with Gasteiger partial charge in [-0.15, -0.1) is 11.8 Å². The molecule has 1 N–H and O–H groups in total. The smallest absolute Gasteiger partial charge is 0.244 e. The number of nitrogens with zero attached hydrogens (tertiary/aromatic N) is 1. The van der Waals surface area contributed by atoms with Gasteiger partial charge in [-0.2, -0.15) is 0 Å². The molecule has 2 rings (SSSR count). The van der Waals surface area contributed by atoms with Crippen molar-refractivity contribution in [1.29, 1.82) is 0 Å². The molecule has 8 heteroatoms. The quantitative estimate of drug-likeness (QED) is 0.676. The van der Waals surface area contributed by atoms with Crippen LogP contribution in [0.15, 0.2) is 47.4 Å². The zero-order valence-electron chi connectivity index (χ0n) is 15.3. The minimum Gasteiger partial charge on any atom is -0.497 e. The lowest BCUT2D eigenvalue weighted by atomic mass is 10.3. The van der Waals surface area contributed by atoms with E-state index in [1.54, 1.807) is 32.4 Å². The number of nitrogens with one attached hydrogen (secondary N) is 1. The fourth-order valence-corrected chi connectivity index (χ4v) is 3.21. The van der Waals surface area contributed by atoms with Gasteiger partial charge in [-0.1, -0.05) is 11.6 Å². The Balaban J connectivity index is 1.86. The average Bonchev–Trinajstić information content (AvgIpc) is 2.66. The summed E-state index contributed by atoms with van der Waals surface area (Å²) in [5, 5.41) is 3.19. The highest BCUT2D eigenvalue weighted by atomic mass is 35.5. The van der Waals surface area contributed by atoms with Crippen LogP contribution in [0.3, 0.4) is 0 Å². The molecule has 0 radical (unpaired) electrons. The van der Waals surface area contributed by atoms with E-state index in [1.807, 2.05) is 24.3 Å². The van der Waals surface area contributed by atoms with E-state index < -0.39 is 0 Å². The van der Waals surface area contributed by atoms with Crippen molar-refractivity contribution in [2.45, 2.75) is 4.90 Å². The fourth-order valence-electron chi connectivity index (χ4n) is 2.20. The molecular formula is C19H21ClN2O4S. The third-order valence-electron chi connectivity index (χ3n) is 3.66. The first kappa shape index (κ1) is 20.9. The molecule has 0 atom stereocenters. The first-order valence-corrected chi connectivity index (χ1v) is 9.43. The summed E-state index contributed by atoms with van der Waals surface area (Å²) >= 11 is 7.35. The third kappa shape index (κ3) is 6.37. The van der Waals surface area contributed by atoms with E-state index in [9.17, 15) is 9.59 Å². The Labute approximate surface area is 167 Å². The Kier molecular flexibility index (Phi) is 7.82. The highest BCUT2D eigenvalue weighted by molar-refractivity contribution is 8.00. The number of halogens is 1. The predicted molar refractivity (Wildman–Crippen MR) is 108 cm³/mol. The number of ether oxygens (including phenoxy) is 2. The van der Waals surface area contributed by atoms with Gasteiger partial charge in [0.05, 0.1) is 32.2 Å². The van der Waals surface area contributed by atoms with Crippen molar-refractivity contribution in [1.82, 2.24) is 4.90 Å². The SMILES string of the molecule is COc1ccc(SCC(=O)N(C)CC(=O)Nc2cc(Cl)ccc2OC)cc1. The number of likely N-dealkylation sites (N-methyl/N-ethyl adjacent to an activating group) is 1. The molecule has 0 fully saturated rings. The Bertz CT molecular complexity index is 799. The summed E-state index contributed by atoms with van der Waals surface area (Å²) < 4.78 is 10.3. The molecule has 2 aromatic rings. The predicted octanol–water partition coefficient (Wildman–Crippen LogP) is 3.55. The van der Waals surface area contributed by atoms with Gasteiger partial charge in [-0.05, 0) is 42.5 Å². The van der Waals surface area contributed by atoms with Crippen molar-refractivity contribution in [3.8, 4) is 11.5 Å². The van der Waals surface area contributed by atoms with Crippen LogP contribution in [0.25, 0.3) is 0 Å². The second kappa shape index (κ2) is 10.1. The van der Waals surface area contributed by atoms with Crippen molar-refractivity contribution in [2.24, 2.45) is 0 Å². The summed E-state index contributed by atoms with van der Waals surface area (Å²) in [6.45, 7) is -0.0718. The second-order valence-corrected chi connectivity index (χ2v) is 7.09. The number of carbonyl (C=O) groups is 2. The number of anilines is 1. The summed E-state index contributed by atoms with van der Waals surface area (Å²) in [4.78, 5) is 26.8. The molecule has 0 spiro atoms. The largest absolute Gasteiger partial charge is 0.497 e. The van der Waals surface area contributed by atoms with E-state index in [0.29, 0.717) is 16.5 Å². The van der Waals surface area contributed by atoms with Crippen molar-refractivity contribution < 1.29 is 19.1 Å². The molecule has 0 aromatic heterocycles. The standard InChI is InChI=1S/C19H21ClN2O4S/c1-22(19(24)12-27-15-7-5-14(25-2)6-8-15)11-18(23)21-16-10-13(20)4-9-17(16)26-3/h4-10H,11-12H2,1-3H3,(H,21,23). The molecular weight excluding hydrogens is 388 g/mol. The lowest BCUT2D eigenvalue weighted by Gasteiger charge is -2.17. The van der Waals surface area contributed by atoms with Gasteiger partial charge in [0, 0.05) is 17.0 Å². The number of benzene rings is 2. The molecule has 0 saturated heterocycles. The van der Waals surface area contributed by atoms with Gasteiger partial charge in [0.1, 0.15) is 11.5 Å².